The third-order valence-corrected chi connectivity index (χ3v) is 2.89. The lowest BCUT2D eigenvalue weighted by atomic mass is 10.1. The molecule has 1 aromatic carbocycles. The fourth-order valence-electron chi connectivity index (χ4n) is 1.94. The quantitative estimate of drug-likeness (QED) is 0.899. The highest BCUT2D eigenvalue weighted by Gasteiger charge is 2.08. The molecule has 0 radical (unpaired) electrons. The lowest BCUT2D eigenvalue weighted by Crippen LogP contribution is -2.23. The molecule has 0 aliphatic heterocycles. The largest absolute Gasteiger partial charge is 0.497 e. The van der Waals surface area contributed by atoms with Crippen molar-refractivity contribution in [2.75, 3.05) is 12.8 Å². The van der Waals surface area contributed by atoms with E-state index >= 15 is 0 Å². The first-order chi connectivity index (χ1) is 8.67. The predicted octanol–water partition coefficient (Wildman–Crippen LogP) is 2.13. The Morgan fingerprint density at radius 3 is 2.72 bits per heavy atom. The van der Waals surface area contributed by atoms with Crippen molar-refractivity contribution in [3.05, 3.63) is 46.8 Å². The summed E-state index contributed by atoms with van der Waals surface area (Å²) in [5.41, 5.74) is 7.53. The Bertz CT molecular complexity index is 617. The summed E-state index contributed by atoms with van der Waals surface area (Å²) < 4.78 is 6.85. The summed E-state index contributed by atoms with van der Waals surface area (Å²) in [7, 11) is 1.62. The molecule has 0 aliphatic rings. The van der Waals surface area contributed by atoms with E-state index in [9.17, 15) is 4.79 Å². The molecule has 4 nitrogen and oxygen atoms in total. The Kier molecular flexibility index (Phi) is 3.37. The molecule has 94 valence electrons. The van der Waals surface area contributed by atoms with Crippen LogP contribution in [0.15, 0.2) is 41.2 Å². The highest BCUT2D eigenvalue weighted by Crippen LogP contribution is 2.23. The number of aromatic nitrogens is 1. The number of hydrogen-bond acceptors (Lipinski definition) is 3. The van der Waals surface area contributed by atoms with Gasteiger partial charge < -0.3 is 15.0 Å². The number of nitrogens with zero attached hydrogens (tertiary/aromatic N) is 1. The zero-order chi connectivity index (χ0) is 13.1. The third kappa shape index (κ3) is 2.09. The number of methoxy groups -OCH3 is 1. The summed E-state index contributed by atoms with van der Waals surface area (Å²) in [6, 6.07) is 11.1. The molecule has 2 aromatic rings. The fraction of sp³-hybridized carbons (Fsp3) is 0.214. The molecule has 2 N–H and O–H groups in total. The maximum absolute atomic E-state index is 12.0. The predicted molar refractivity (Wildman–Crippen MR) is 72.8 cm³/mol. The molecular weight excluding hydrogens is 228 g/mol. The highest BCUT2D eigenvalue weighted by molar-refractivity contribution is 5.63. The van der Waals surface area contributed by atoms with Crippen LogP contribution in [0.4, 0.5) is 5.69 Å². The van der Waals surface area contributed by atoms with Gasteiger partial charge in [-0.1, -0.05) is 12.1 Å². The minimum absolute atomic E-state index is 0.155. The molecule has 4 heteroatoms. The van der Waals surface area contributed by atoms with Crippen molar-refractivity contribution in [2.45, 2.75) is 13.5 Å². The Balaban J connectivity index is 2.63. The minimum Gasteiger partial charge on any atom is -0.497 e. The van der Waals surface area contributed by atoms with E-state index in [1.165, 1.54) is 0 Å². The van der Waals surface area contributed by atoms with Crippen LogP contribution in [-0.4, -0.2) is 11.7 Å². The van der Waals surface area contributed by atoms with Crippen LogP contribution in [0.25, 0.3) is 11.3 Å². The first-order valence-corrected chi connectivity index (χ1v) is 5.81. The molecule has 0 saturated carbocycles. The van der Waals surface area contributed by atoms with E-state index in [2.05, 4.69) is 0 Å². The van der Waals surface area contributed by atoms with Crippen LogP contribution in [0.3, 0.4) is 0 Å². The summed E-state index contributed by atoms with van der Waals surface area (Å²) in [5.74, 6) is 0.763. The van der Waals surface area contributed by atoms with Crippen LogP contribution in [0, 0.1) is 0 Å². The third-order valence-electron chi connectivity index (χ3n) is 2.89. The Labute approximate surface area is 106 Å². The van der Waals surface area contributed by atoms with Crippen molar-refractivity contribution in [1.82, 2.24) is 4.57 Å². The number of nitrogens with two attached hydrogens (primary N) is 1. The lowest BCUT2D eigenvalue weighted by molar-refractivity contribution is 0.415. The summed E-state index contributed by atoms with van der Waals surface area (Å²) in [6.45, 7) is 2.50. The van der Waals surface area contributed by atoms with E-state index in [4.69, 9.17) is 10.5 Å². The number of ether oxygens (including phenoxy) is 1. The molecule has 0 unspecified atom stereocenters. The highest BCUT2D eigenvalue weighted by atomic mass is 16.5. The van der Waals surface area contributed by atoms with Gasteiger partial charge in [-0.05, 0) is 31.2 Å². The van der Waals surface area contributed by atoms with Gasteiger partial charge >= 0.3 is 0 Å². The van der Waals surface area contributed by atoms with Gasteiger partial charge in [-0.3, -0.25) is 4.79 Å². The van der Waals surface area contributed by atoms with E-state index in [0.29, 0.717) is 6.54 Å². The molecule has 2 rings (SSSR count). The molecule has 0 aliphatic carbocycles. The molecule has 0 fully saturated rings. The molecule has 1 heterocycles. The van der Waals surface area contributed by atoms with Crippen LogP contribution in [-0.2, 0) is 6.54 Å². The number of pyridine rings is 1. The zero-order valence-electron chi connectivity index (χ0n) is 10.5. The molecular formula is C14H16N2O2. The number of hydrogen-bond donors (Lipinski definition) is 1. The van der Waals surface area contributed by atoms with Crippen LogP contribution in [0.1, 0.15) is 6.92 Å². The van der Waals surface area contributed by atoms with Crippen molar-refractivity contribution in [3.63, 3.8) is 0 Å². The molecule has 0 amide bonds. The lowest BCUT2D eigenvalue weighted by Gasteiger charge is -2.12. The average molecular weight is 244 g/mol. The minimum atomic E-state index is -0.155. The Morgan fingerprint density at radius 1 is 1.28 bits per heavy atom. The summed E-state index contributed by atoms with van der Waals surface area (Å²) >= 11 is 0. The van der Waals surface area contributed by atoms with Gasteiger partial charge in [-0.2, -0.15) is 0 Å². The second kappa shape index (κ2) is 4.96. The maximum Gasteiger partial charge on any atom is 0.274 e. The monoisotopic (exact) mass is 244 g/mol. The van der Waals surface area contributed by atoms with Crippen LogP contribution < -0.4 is 16.0 Å². The first-order valence-electron chi connectivity index (χ1n) is 5.81. The molecule has 0 spiro atoms. The summed E-state index contributed by atoms with van der Waals surface area (Å²) in [6.07, 6.45) is 0. The van der Waals surface area contributed by atoms with Crippen molar-refractivity contribution in [2.24, 2.45) is 0 Å². The summed E-state index contributed by atoms with van der Waals surface area (Å²) in [5, 5.41) is 0. The van der Waals surface area contributed by atoms with E-state index in [1.807, 2.05) is 37.3 Å². The van der Waals surface area contributed by atoms with Crippen molar-refractivity contribution >= 4 is 5.69 Å². The number of anilines is 1. The van der Waals surface area contributed by atoms with Gasteiger partial charge in [0.25, 0.3) is 5.56 Å². The van der Waals surface area contributed by atoms with E-state index < -0.39 is 0 Å². The second-order valence-electron chi connectivity index (χ2n) is 3.96. The standard InChI is InChI=1S/C14H16N2O2/c1-3-16-13(8-7-12(15)14(16)17)10-5-4-6-11(9-10)18-2/h4-9H,3,15H2,1-2H3. The smallest absolute Gasteiger partial charge is 0.274 e. The fourth-order valence-corrected chi connectivity index (χ4v) is 1.94. The van der Waals surface area contributed by atoms with E-state index in [1.54, 1.807) is 17.7 Å². The van der Waals surface area contributed by atoms with Gasteiger partial charge in [-0.15, -0.1) is 0 Å². The molecule has 0 bridgehead atoms. The number of rotatable bonds is 3. The molecule has 0 atom stereocenters. The summed E-state index contributed by atoms with van der Waals surface area (Å²) in [4.78, 5) is 12.0. The van der Waals surface area contributed by atoms with E-state index in [-0.39, 0.29) is 11.2 Å². The molecule has 0 saturated heterocycles. The van der Waals surface area contributed by atoms with Crippen LogP contribution in [0.5, 0.6) is 5.75 Å². The Hall–Kier alpha value is -2.23. The molecule has 18 heavy (non-hydrogen) atoms. The second-order valence-corrected chi connectivity index (χ2v) is 3.96. The SMILES string of the molecule is CCn1c(-c2cccc(OC)c2)ccc(N)c1=O. The van der Waals surface area contributed by atoms with Gasteiger partial charge in [-0.25, -0.2) is 0 Å². The van der Waals surface area contributed by atoms with Crippen LogP contribution in [0.2, 0.25) is 0 Å². The van der Waals surface area contributed by atoms with Crippen molar-refractivity contribution < 1.29 is 4.74 Å². The van der Waals surface area contributed by atoms with Gasteiger partial charge in [0.2, 0.25) is 0 Å². The number of benzene rings is 1. The molecule has 1 aromatic heterocycles. The average Bonchev–Trinajstić information content (AvgIpc) is 2.41. The first kappa shape index (κ1) is 12.2. The van der Waals surface area contributed by atoms with Crippen molar-refractivity contribution in [3.8, 4) is 17.0 Å². The Morgan fingerprint density at radius 2 is 2.06 bits per heavy atom. The maximum atomic E-state index is 12.0. The van der Waals surface area contributed by atoms with Gasteiger partial charge in [0.15, 0.2) is 0 Å². The van der Waals surface area contributed by atoms with Gasteiger partial charge in [0, 0.05) is 12.1 Å². The van der Waals surface area contributed by atoms with Gasteiger partial charge in [0.05, 0.1) is 18.5 Å². The normalized spacial score (nSPS) is 10.3. The zero-order valence-corrected chi connectivity index (χ0v) is 10.5. The van der Waals surface area contributed by atoms with Crippen LogP contribution >= 0.6 is 0 Å². The number of nitrogen functional groups attached to an aromatic ring is 1. The van der Waals surface area contributed by atoms with Crippen molar-refractivity contribution in [1.29, 1.82) is 0 Å². The topological polar surface area (TPSA) is 57.2 Å². The van der Waals surface area contributed by atoms with Gasteiger partial charge in [0.1, 0.15) is 5.75 Å². The van der Waals surface area contributed by atoms with E-state index in [0.717, 1.165) is 17.0 Å².